The minimum absolute atomic E-state index is 0.0662. The van der Waals surface area contributed by atoms with Crippen LogP contribution in [-0.2, 0) is 21.2 Å². The van der Waals surface area contributed by atoms with Gasteiger partial charge in [-0.3, -0.25) is 4.79 Å². The van der Waals surface area contributed by atoms with Crippen LogP contribution in [-0.4, -0.2) is 33.2 Å². The first-order chi connectivity index (χ1) is 9.86. The summed E-state index contributed by atoms with van der Waals surface area (Å²) in [7, 11) is -3.17. The molecule has 0 aliphatic carbocycles. The zero-order valence-corrected chi connectivity index (χ0v) is 13.2. The second kappa shape index (κ2) is 6.58. The first-order valence-electron chi connectivity index (χ1n) is 7.16. The van der Waals surface area contributed by atoms with E-state index in [2.05, 4.69) is 17.6 Å². The van der Waals surface area contributed by atoms with Crippen molar-refractivity contribution in [3.05, 3.63) is 29.8 Å². The fourth-order valence-corrected chi connectivity index (χ4v) is 3.19. The summed E-state index contributed by atoms with van der Waals surface area (Å²) in [6.07, 6.45) is 2.91. The number of hydrogen-bond acceptors (Lipinski definition) is 4. The van der Waals surface area contributed by atoms with Gasteiger partial charge in [0, 0.05) is 24.8 Å². The van der Waals surface area contributed by atoms with Crippen molar-refractivity contribution in [3.63, 3.8) is 0 Å². The second-order valence-electron chi connectivity index (χ2n) is 5.71. The Morgan fingerprint density at radius 1 is 1.33 bits per heavy atom. The Morgan fingerprint density at radius 3 is 2.57 bits per heavy atom. The van der Waals surface area contributed by atoms with Crippen molar-refractivity contribution < 1.29 is 13.2 Å². The Morgan fingerprint density at radius 2 is 2.00 bits per heavy atom. The lowest BCUT2D eigenvalue weighted by Gasteiger charge is -2.27. The topological polar surface area (TPSA) is 75.3 Å². The van der Waals surface area contributed by atoms with E-state index in [0.29, 0.717) is 17.5 Å². The lowest BCUT2D eigenvalue weighted by atomic mass is 9.92. The molecule has 5 nitrogen and oxygen atoms in total. The molecule has 116 valence electrons. The molecule has 1 saturated heterocycles. The van der Waals surface area contributed by atoms with Crippen LogP contribution in [0.15, 0.2) is 29.2 Å². The summed E-state index contributed by atoms with van der Waals surface area (Å²) in [5, 5.41) is 6.26. The van der Waals surface area contributed by atoms with Crippen LogP contribution in [0.25, 0.3) is 0 Å². The number of amides is 1. The largest absolute Gasteiger partial charge is 0.352 e. The maximum Gasteiger partial charge on any atom is 0.223 e. The summed E-state index contributed by atoms with van der Waals surface area (Å²) >= 11 is 0. The molecule has 1 aromatic rings. The van der Waals surface area contributed by atoms with Crippen LogP contribution in [0.2, 0.25) is 0 Å². The van der Waals surface area contributed by atoms with Crippen LogP contribution < -0.4 is 10.6 Å². The molecule has 0 bridgehead atoms. The van der Waals surface area contributed by atoms with Crippen LogP contribution >= 0.6 is 0 Å². The van der Waals surface area contributed by atoms with Crippen LogP contribution in [0.1, 0.15) is 25.3 Å². The molecule has 0 spiro atoms. The molecule has 1 aliphatic heterocycles. The minimum Gasteiger partial charge on any atom is -0.352 e. The van der Waals surface area contributed by atoms with Crippen LogP contribution in [0.5, 0.6) is 0 Å². The van der Waals surface area contributed by atoms with Gasteiger partial charge in [-0.05, 0) is 44.0 Å². The summed E-state index contributed by atoms with van der Waals surface area (Å²) in [6, 6.07) is 7.00. The molecule has 2 atom stereocenters. The smallest absolute Gasteiger partial charge is 0.223 e. The summed E-state index contributed by atoms with van der Waals surface area (Å²) in [5.74, 6) is 0.145. The number of sulfone groups is 1. The van der Waals surface area contributed by atoms with E-state index in [1.807, 2.05) is 0 Å². The van der Waals surface area contributed by atoms with Crippen molar-refractivity contribution in [2.24, 2.45) is 5.92 Å². The van der Waals surface area contributed by atoms with Gasteiger partial charge in [-0.15, -0.1) is 0 Å². The van der Waals surface area contributed by atoms with Crippen molar-refractivity contribution in [3.8, 4) is 0 Å². The maximum absolute atomic E-state index is 12.1. The lowest BCUT2D eigenvalue weighted by molar-refractivity contribution is -0.126. The molecule has 2 N–H and O–H groups in total. The molecule has 2 unspecified atom stereocenters. The summed E-state index contributed by atoms with van der Waals surface area (Å²) < 4.78 is 22.7. The highest BCUT2D eigenvalue weighted by Crippen LogP contribution is 2.16. The van der Waals surface area contributed by atoms with E-state index in [1.54, 1.807) is 24.3 Å². The van der Waals surface area contributed by atoms with E-state index >= 15 is 0 Å². The molecule has 2 rings (SSSR count). The third-order valence-corrected chi connectivity index (χ3v) is 4.94. The Kier molecular flexibility index (Phi) is 5.00. The third-order valence-electron chi connectivity index (χ3n) is 3.81. The molecule has 6 heteroatoms. The Hall–Kier alpha value is -1.40. The fourth-order valence-electron chi connectivity index (χ4n) is 2.56. The standard InChI is InChI=1S/C15H22N2O3S/c1-11-9-13(7-8-16-11)15(18)17-10-12-3-5-14(6-4-12)21(2,19)20/h3-6,11,13,16H,7-10H2,1-2H3,(H,17,18). The quantitative estimate of drug-likeness (QED) is 0.873. The maximum atomic E-state index is 12.1. The molecule has 1 aliphatic rings. The van der Waals surface area contributed by atoms with E-state index in [-0.39, 0.29) is 11.8 Å². The van der Waals surface area contributed by atoms with Gasteiger partial charge in [0.1, 0.15) is 0 Å². The van der Waals surface area contributed by atoms with Gasteiger partial charge in [0.25, 0.3) is 0 Å². The van der Waals surface area contributed by atoms with E-state index in [9.17, 15) is 13.2 Å². The molecular weight excluding hydrogens is 288 g/mol. The highest BCUT2D eigenvalue weighted by molar-refractivity contribution is 7.90. The van der Waals surface area contributed by atoms with Crippen molar-refractivity contribution in [1.82, 2.24) is 10.6 Å². The molecule has 1 fully saturated rings. The van der Waals surface area contributed by atoms with Crippen molar-refractivity contribution in [1.29, 1.82) is 0 Å². The normalized spacial score (nSPS) is 22.8. The second-order valence-corrected chi connectivity index (χ2v) is 7.73. The van der Waals surface area contributed by atoms with Gasteiger partial charge in [-0.2, -0.15) is 0 Å². The average Bonchev–Trinajstić information content (AvgIpc) is 2.44. The molecule has 0 radical (unpaired) electrons. The predicted octanol–water partition coefficient (Wildman–Crippen LogP) is 1.09. The molecular formula is C15H22N2O3S. The van der Waals surface area contributed by atoms with Crippen LogP contribution in [0.4, 0.5) is 0 Å². The predicted molar refractivity (Wildman–Crippen MR) is 81.6 cm³/mol. The number of carbonyl (C=O) groups is 1. The Balaban J connectivity index is 1.89. The van der Waals surface area contributed by atoms with Crippen molar-refractivity contribution >= 4 is 15.7 Å². The summed E-state index contributed by atoms with van der Waals surface area (Å²) in [4.78, 5) is 12.4. The average molecular weight is 310 g/mol. The van der Waals surface area contributed by atoms with Gasteiger partial charge in [-0.25, -0.2) is 8.42 Å². The van der Waals surface area contributed by atoms with E-state index in [0.717, 1.165) is 24.9 Å². The Labute approximate surface area is 126 Å². The number of nitrogens with one attached hydrogen (secondary N) is 2. The number of rotatable bonds is 4. The lowest BCUT2D eigenvalue weighted by Crippen LogP contribution is -2.42. The minimum atomic E-state index is -3.17. The van der Waals surface area contributed by atoms with Gasteiger partial charge in [0.2, 0.25) is 5.91 Å². The summed E-state index contributed by atoms with van der Waals surface area (Å²) in [6.45, 7) is 3.40. The van der Waals surface area contributed by atoms with E-state index in [1.165, 1.54) is 6.26 Å². The fraction of sp³-hybridized carbons (Fsp3) is 0.533. The van der Waals surface area contributed by atoms with Gasteiger partial charge < -0.3 is 10.6 Å². The molecule has 1 amide bonds. The highest BCUT2D eigenvalue weighted by atomic mass is 32.2. The molecule has 21 heavy (non-hydrogen) atoms. The van der Waals surface area contributed by atoms with E-state index < -0.39 is 9.84 Å². The number of carbonyl (C=O) groups excluding carboxylic acids is 1. The van der Waals surface area contributed by atoms with Gasteiger partial charge in [-0.1, -0.05) is 12.1 Å². The SMILES string of the molecule is CC1CC(C(=O)NCc2ccc(S(C)(=O)=O)cc2)CCN1. The van der Waals surface area contributed by atoms with Gasteiger partial charge >= 0.3 is 0 Å². The zero-order valence-electron chi connectivity index (χ0n) is 12.4. The van der Waals surface area contributed by atoms with E-state index in [4.69, 9.17) is 0 Å². The molecule has 0 aromatic heterocycles. The first-order valence-corrected chi connectivity index (χ1v) is 9.05. The van der Waals surface area contributed by atoms with Gasteiger partial charge in [0.15, 0.2) is 9.84 Å². The number of hydrogen-bond donors (Lipinski definition) is 2. The van der Waals surface area contributed by atoms with Crippen molar-refractivity contribution in [2.45, 2.75) is 37.2 Å². The Bertz CT molecular complexity index is 596. The molecule has 0 saturated carbocycles. The van der Waals surface area contributed by atoms with Crippen molar-refractivity contribution in [2.75, 3.05) is 12.8 Å². The number of benzene rings is 1. The van der Waals surface area contributed by atoms with Gasteiger partial charge in [0.05, 0.1) is 4.90 Å². The molecule has 1 aromatic carbocycles. The van der Waals surface area contributed by atoms with Crippen LogP contribution in [0, 0.1) is 5.92 Å². The van der Waals surface area contributed by atoms with Crippen LogP contribution in [0.3, 0.4) is 0 Å². The monoisotopic (exact) mass is 310 g/mol. The third kappa shape index (κ3) is 4.54. The summed E-state index contributed by atoms with van der Waals surface area (Å²) in [5.41, 5.74) is 0.901. The zero-order chi connectivity index (χ0) is 15.5. The molecule has 1 heterocycles. The number of piperidine rings is 1. The first kappa shape index (κ1) is 16.0. The highest BCUT2D eigenvalue weighted by Gasteiger charge is 2.24.